The number of amides is 2. The standard InChI is InChI=1S/C25H23F4N5O3/c26-20-12-19(37-25(27,28)29)4-1-15(20)3-6-23(35)33-9-7-17-13-34(14-18(17)8-10-33)24(36)16-2-5-21-22(11-16)31-32-30-21/h1-6,11-12,17-18H,7-10,13-14H2,(H,30,31,32)/b6-3+/t17-,18?/m1/s1. The summed E-state index contributed by atoms with van der Waals surface area (Å²) in [5.41, 5.74) is 1.86. The van der Waals surface area contributed by atoms with Crippen molar-refractivity contribution in [3.8, 4) is 5.75 Å². The zero-order chi connectivity index (χ0) is 26.2. The molecular formula is C25H23F4N5O3. The second kappa shape index (κ2) is 9.83. The number of nitrogens with zero attached hydrogens (tertiary/aromatic N) is 4. The fraction of sp³-hybridized carbons (Fsp3) is 0.360. The Hall–Kier alpha value is -3.96. The number of rotatable bonds is 4. The van der Waals surface area contributed by atoms with Gasteiger partial charge in [-0.1, -0.05) is 0 Å². The molecule has 1 unspecified atom stereocenters. The molecular weight excluding hydrogens is 494 g/mol. The first-order valence-corrected chi connectivity index (χ1v) is 11.8. The molecule has 194 valence electrons. The van der Waals surface area contributed by atoms with Gasteiger partial charge in [0.25, 0.3) is 5.91 Å². The van der Waals surface area contributed by atoms with Gasteiger partial charge in [0.2, 0.25) is 5.91 Å². The van der Waals surface area contributed by atoms with E-state index in [1.165, 1.54) is 12.2 Å². The van der Waals surface area contributed by atoms with Crippen LogP contribution in [0.2, 0.25) is 0 Å². The molecule has 1 aromatic heterocycles. The number of carbonyl (C=O) groups is 2. The van der Waals surface area contributed by atoms with Crippen molar-refractivity contribution in [1.82, 2.24) is 25.2 Å². The van der Waals surface area contributed by atoms with E-state index < -0.39 is 17.9 Å². The van der Waals surface area contributed by atoms with E-state index in [1.54, 1.807) is 23.1 Å². The van der Waals surface area contributed by atoms with Crippen molar-refractivity contribution in [1.29, 1.82) is 0 Å². The van der Waals surface area contributed by atoms with Crippen LogP contribution in [0.25, 0.3) is 17.1 Å². The van der Waals surface area contributed by atoms with E-state index in [9.17, 15) is 27.2 Å². The van der Waals surface area contributed by atoms with Gasteiger partial charge in [-0.05, 0) is 61.1 Å². The third-order valence-electron chi connectivity index (χ3n) is 6.89. The number of aromatic nitrogens is 3. The van der Waals surface area contributed by atoms with Crippen molar-refractivity contribution >= 4 is 28.9 Å². The van der Waals surface area contributed by atoms with Gasteiger partial charge in [-0.2, -0.15) is 15.4 Å². The number of fused-ring (bicyclic) bond motifs is 2. The van der Waals surface area contributed by atoms with Crippen LogP contribution in [0.4, 0.5) is 17.6 Å². The van der Waals surface area contributed by atoms with Gasteiger partial charge in [0, 0.05) is 49.4 Å². The van der Waals surface area contributed by atoms with Crippen LogP contribution in [-0.4, -0.2) is 69.6 Å². The van der Waals surface area contributed by atoms with E-state index in [1.807, 2.05) is 4.90 Å². The predicted molar refractivity (Wildman–Crippen MR) is 125 cm³/mol. The number of carbonyl (C=O) groups excluding carboxylic acids is 2. The Labute approximate surface area is 208 Å². The number of H-pyrrole nitrogens is 1. The molecule has 2 saturated heterocycles. The first-order chi connectivity index (χ1) is 17.7. The summed E-state index contributed by atoms with van der Waals surface area (Å²) in [5, 5.41) is 10.6. The van der Waals surface area contributed by atoms with Crippen molar-refractivity contribution in [3.63, 3.8) is 0 Å². The molecule has 2 amide bonds. The van der Waals surface area contributed by atoms with Crippen molar-refractivity contribution in [2.75, 3.05) is 26.2 Å². The molecule has 0 radical (unpaired) electrons. The number of alkyl halides is 3. The zero-order valence-corrected chi connectivity index (χ0v) is 19.5. The number of likely N-dealkylation sites (tertiary alicyclic amines) is 2. The monoisotopic (exact) mass is 517 g/mol. The second-order valence-corrected chi connectivity index (χ2v) is 9.22. The smallest absolute Gasteiger partial charge is 0.406 e. The lowest BCUT2D eigenvalue weighted by Gasteiger charge is -2.21. The van der Waals surface area contributed by atoms with Crippen LogP contribution in [-0.2, 0) is 4.79 Å². The molecule has 3 heterocycles. The normalized spacial score (nSPS) is 20.3. The van der Waals surface area contributed by atoms with Crippen LogP contribution in [0.1, 0.15) is 28.8 Å². The van der Waals surface area contributed by atoms with Gasteiger partial charge < -0.3 is 14.5 Å². The molecule has 2 fully saturated rings. The molecule has 0 spiro atoms. The van der Waals surface area contributed by atoms with Gasteiger partial charge in [-0.3, -0.25) is 9.59 Å². The number of nitrogens with one attached hydrogen (secondary N) is 1. The quantitative estimate of drug-likeness (QED) is 0.417. The summed E-state index contributed by atoms with van der Waals surface area (Å²) in [7, 11) is 0. The van der Waals surface area contributed by atoms with E-state index >= 15 is 0 Å². The molecule has 0 bridgehead atoms. The Morgan fingerprint density at radius 1 is 0.973 bits per heavy atom. The minimum Gasteiger partial charge on any atom is -0.406 e. The summed E-state index contributed by atoms with van der Waals surface area (Å²) in [6.45, 7) is 2.21. The molecule has 5 rings (SSSR count). The highest BCUT2D eigenvalue weighted by atomic mass is 19.4. The van der Waals surface area contributed by atoms with Crippen LogP contribution < -0.4 is 4.74 Å². The number of hydrogen-bond acceptors (Lipinski definition) is 5. The lowest BCUT2D eigenvalue weighted by atomic mass is 9.92. The molecule has 3 aromatic rings. The van der Waals surface area contributed by atoms with Gasteiger partial charge in [0.15, 0.2) is 0 Å². The van der Waals surface area contributed by atoms with Gasteiger partial charge >= 0.3 is 6.36 Å². The Kier molecular flexibility index (Phi) is 6.57. The highest BCUT2D eigenvalue weighted by molar-refractivity contribution is 5.97. The molecule has 12 heteroatoms. The third-order valence-corrected chi connectivity index (χ3v) is 6.89. The van der Waals surface area contributed by atoms with Gasteiger partial charge in [0.1, 0.15) is 22.6 Å². The molecule has 2 aromatic carbocycles. The maximum Gasteiger partial charge on any atom is 0.573 e. The number of halogens is 4. The van der Waals surface area contributed by atoms with Crippen LogP contribution in [0.5, 0.6) is 5.75 Å². The fourth-order valence-corrected chi connectivity index (χ4v) is 5.00. The number of ether oxygens (including phenoxy) is 1. The SMILES string of the molecule is O=C(/C=C/c1ccc(OC(F)(F)F)cc1F)N1CCC2CN(C(=O)c3ccc4n[nH]nc4c3)C[C@H]2CC1. The first-order valence-electron chi connectivity index (χ1n) is 11.8. The highest BCUT2D eigenvalue weighted by Gasteiger charge is 2.37. The Balaban J connectivity index is 1.16. The number of hydrogen-bond donors (Lipinski definition) is 1. The molecule has 2 atom stereocenters. The van der Waals surface area contributed by atoms with Crippen molar-refractivity contribution in [3.05, 3.63) is 59.4 Å². The zero-order valence-electron chi connectivity index (χ0n) is 19.5. The van der Waals surface area contributed by atoms with Crippen molar-refractivity contribution in [2.24, 2.45) is 11.8 Å². The molecule has 1 N–H and O–H groups in total. The van der Waals surface area contributed by atoms with Crippen molar-refractivity contribution < 1.29 is 31.9 Å². The summed E-state index contributed by atoms with van der Waals surface area (Å²) < 4.78 is 54.7. The Morgan fingerprint density at radius 3 is 2.35 bits per heavy atom. The molecule has 0 aliphatic carbocycles. The minimum absolute atomic E-state index is 0.0208. The molecule has 2 aliphatic heterocycles. The summed E-state index contributed by atoms with van der Waals surface area (Å²) in [5.74, 6) is -1.42. The van der Waals surface area contributed by atoms with Crippen LogP contribution in [0, 0.1) is 17.7 Å². The highest BCUT2D eigenvalue weighted by Crippen LogP contribution is 2.33. The lowest BCUT2D eigenvalue weighted by molar-refractivity contribution is -0.274. The average molecular weight is 517 g/mol. The molecule has 8 nitrogen and oxygen atoms in total. The van der Waals surface area contributed by atoms with Gasteiger partial charge in [-0.15, -0.1) is 13.2 Å². The third kappa shape index (κ3) is 5.57. The first kappa shape index (κ1) is 24.7. The summed E-state index contributed by atoms with van der Waals surface area (Å²) in [6.07, 6.45) is -0.990. The minimum atomic E-state index is -4.92. The average Bonchev–Trinajstić information content (AvgIpc) is 3.44. The predicted octanol–water partition coefficient (Wildman–Crippen LogP) is 4.02. The van der Waals surface area contributed by atoms with E-state index in [4.69, 9.17) is 0 Å². The lowest BCUT2D eigenvalue weighted by Crippen LogP contribution is -2.33. The maximum absolute atomic E-state index is 14.2. The van der Waals surface area contributed by atoms with Gasteiger partial charge in [0.05, 0.1) is 0 Å². The number of aromatic amines is 1. The number of benzene rings is 2. The fourth-order valence-electron chi connectivity index (χ4n) is 5.00. The Morgan fingerprint density at radius 2 is 1.68 bits per heavy atom. The van der Waals surface area contributed by atoms with Crippen LogP contribution >= 0.6 is 0 Å². The van der Waals surface area contributed by atoms with Crippen molar-refractivity contribution in [2.45, 2.75) is 19.2 Å². The van der Waals surface area contributed by atoms with E-state index in [2.05, 4.69) is 20.1 Å². The molecule has 0 saturated carbocycles. The molecule has 2 aliphatic rings. The topological polar surface area (TPSA) is 91.4 Å². The van der Waals surface area contributed by atoms with E-state index in [0.29, 0.717) is 48.8 Å². The van der Waals surface area contributed by atoms with E-state index in [-0.39, 0.29) is 29.2 Å². The largest absolute Gasteiger partial charge is 0.573 e. The summed E-state index contributed by atoms with van der Waals surface area (Å²) in [6, 6.07) is 7.97. The maximum atomic E-state index is 14.2. The summed E-state index contributed by atoms with van der Waals surface area (Å²) >= 11 is 0. The summed E-state index contributed by atoms with van der Waals surface area (Å²) in [4.78, 5) is 29.3. The van der Waals surface area contributed by atoms with Crippen LogP contribution in [0.3, 0.4) is 0 Å². The van der Waals surface area contributed by atoms with Crippen LogP contribution in [0.15, 0.2) is 42.5 Å². The Bertz CT molecular complexity index is 1340. The molecule has 37 heavy (non-hydrogen) atoms. The second-order valence-electron chi connectivity index (χ2n) is 9.22. The van der Waals surface area contributed by atoms with E-state index in [0.717, 1.165) is 25.0 Å². The van der Waals surface area contributed by atoms with Gasteiger partial charge in [-0.25, -0.2) is 4.39 Å².